The van der Waals surface area contributed by atoms with Crippen LogP contribution in [0.3, 0.4) is 0 Å². The van der Waals surface area contributed by atoms with Crippen molar-refractivity contribution in [2.75, 3.05) is 19.6 Å². The third-order valence-corrected chi connectivity index (χ3v) is 5.44. The van der Waals surface area contributed by atoms with Gasteiger partial charge in [0.25, 0.3) is 0 Å². The summed E-state index contributed by atoms with van der Waals surface area (Å²) < 4.78 is 0. The average molecular weight is 313 g/mol. The first-order valence-corrected chi connectivity index (χ1v) is 8.35. The second kappa shape index (κ2) is 6.23. The van der Waals surface area contributed by atoms with Crippen LogP contribution in [-0.4, -0.2) is 30.1 Å². The summed E-state index contributed by atoms with van der Waals surface area (Å²) in [7, 11) is 0. The Morgan fingerprint density at radius 3 is 2.75 bits per heavy atom. The van der Waals surface area contributed by atoms with Crippen LogP contribution in [0.25, 0.3) is 0 Å². The van der Waals surface area contributed by atoms with Crippen LogP contribution in [0.15, 0.2) is 18.2 Å². The molecule has 1 heterocycles. The molecule has 20 heavy (non-hydrogen) atoms. The van der Waals surface area contributed by atoms with Crippen molar-refractivity contribution in [1.29, 1.82) is 0 Å². The lowest BCUT2D eigenvalue weighted by molar-refractivity contribution is 0.0209. The number of hydrogen-bond donors (Lipinski definition) is 1. The Balaban J connectivity index is 1.81. The predicted octanol–water partition coefficient (Wildman–Crippen LogP) is 4.10. The van der Waals surface area contributed by atoms with E-state index in [2.05, 4.69) is 10.2 Å². The lowest BCUT2D eigenvalue weighted by atomic mass is 9.79. The number of nitrogens with one attached hydrogen (secondary N) is 1. The first-order chi connectivity index (χ1) is 9.70. The maximum atomic E-state index is 6.34. The average Bonchev–Trinajstić information content (AvgIpc) is 2.46. The maximum absolute atomic E-state index is 6.34. The molecule has 1 aliphatic heterocycles. The van der Waals surface area contributed by atoms with Crippen molar-refractivity contribution in [3.8, 4) is 0 Å². The Morgan fingerprint density at radius 2 is 1.95 bits per heavy atom. The van der Waals surface area contributed by atoms with Crippen molar-refractivity contribution >= 4 is 23.2 Å². The van der Waals surface area contributed by atoms with Gasteiger partial charge in [0.1, 0.15) is 0 Å². The molecule has 0 bridgehead atoms. The fraction of sp³-hybridized carbons (Fsp3) is 0.625. The van der Waals surface area contributed by atoms with Gasteiger partial charge in [-0.05, 0) is 36.6 Å². The fourth-order valence-electron chi connectivity index (χ4n) is 3.70. The lowest BCUT2D eigenvalue weighted by Crippen LogP contribution is -2.61. The molecule has 2 aliphatic rings. The zero-order chi connectivity index (χ0) is 14.0. The van der Waals surface area contributed by atoms with E-state index in [-0.39, 0.29) is 0 Å². The van der Waals surface area contributed by atoms with Crippen LogP contribution in [0.1, 0.15) is 37.7 Å². The highest BCUT2D eigenvalue weighted by molar-refractivity contribution is 6.33. The molecule has 0 amide bonds. The van der Waals surface area contributed by atoms with Crippen LogP contribution in [-0.2, 0) is 6.54 Å². The van der Waals surface area contributed by atoms with Crippen molar-refractivity contribution in [3.63, 3.8) is 0 Å². The van der Waals surface area contributed by atoms with Gasteiger partial charge in [-0.25, -0.2) is 0 Å². The topological polar surface area (TPSA) is 15.3 Å². The number of piperazine rings is 1. The van der Waals surface area contributed by atoms with Gasteiger partial charge in [-0.2, -0.15) is 0 Å². The van der Waals surface area contributed by atoms with Crippen molar-refractivity contribution in [1.82, 2.24) is 10.2 Å². The summed E-state index contributed by atoms with van der Waals surface area (Å²) in [5.41, 5.74) is 1.49. The summed E-state index contributed by atoms with van der Waals surface area (Å²) in [6.07, 6.45) is 6.69. The molecule has 1 saturated carbocycles. The zero-order valence-corrected chi connectivity index (χ0v) is 13.3. The van der Waals surface area contributed by atoms with Crippen molar-refractivity contribution < 1.29 is 0 Å². The molecular weight excluding hydrogens is 291 g/mol. The minimum atomic E-state index is 0.335. The van der Waals surface area contributed by atoms with Gasteiger partial charge in [-0.1, -0.05) is 42.5 Å². The van der Waals surface area contributed by atoms with E-state index < -0.39 is 0 Å². The third kappa shape index (κ3) is 2.99. The standard InChI is InChI=1S/C16H22Cl2N2/c17-14-4-5-15(18)13(10-14)11-20-9-8-19-12-16(20)6-2-1-3-7-16/h4-5,10,19H,1-3,6-9,11-12H2. The molecule has 0 unspecified atom stereocenters. The van der Waals surface area contributed by atoms with Crippen LogP contribution in [0.5, 0.6) is 0 Å². The molecule has 1 aliphatic carbocycles. The largest absolute Gasteiger partial charge is 0.314 e. The van der Waals surface area contributed by atoms with E-state index in [0.717, 1.165) is 41.8 Å². The van der Waals surface area contributed by atoms with E-state index in [1.807, 2.05) is 18.2 Å². The summed E-state index contributed by atoms with van der Waals surface area (Å²) in [6.45, 7) is 4.20. The maximum Gasteiger partial charge on any atom is 0.0452 e. The number of nitrogens with zero attached hydrogens (tertiary/aromatic N) is 1. The van der Waals surface area contributed by atoms with E-state index in [4.69, 9.17) is 23.2 Å². The van der Waals surface area contributed by atoms with Crippen LogP contribution < -0.4 is 5.32 Å². The molecule has 2 fully saturated rings. The van der Waals surface area contributed by atoms with E-state index >= 15 is 0 Å². The summed E-state index contributed by atoms with van der Waals surface area (Å²) in [5.74, 6) is 0. The monoisotopic (exact) mass is 312 g/mol. The molecule has 4 heteroatoms. The molecule has 1 saturated heterocycles. The Hall–Kier alpha value is -0.280. The Bertz CT molecular complexity index is 461. The van der Waals surface area contributed by atoms with Gasteiger partial charge in [-0.15, -0.1) is 0 Å². The van der Waals surface area contributed by atoms with Gasteiger partial charge in [0, 0.05) is 41.8 Å². The van der Waals surface area contributed by atoms with Gasteiger partial charge < -0.3 is 5.32 Å². The molecule has 3 rings (SSSR count). The normalized spacial score (nSPS) is 23.1. The highest BCUT2D eigenvalue weighted by Crippen LogP contribution is 2.36. The SMILES string of the molecule is Clc1ccc(Cl)c(CN2CCNCC23CCCCC3)c1. The smallest absolute Gasteiger partial charge is 0.0452 e. The molecule has 110 valence electrons. The lowest BCUT2D eigenvalue weighted by Gasteiger charge is -2.50. The highest BCUT2D eigenvalue weighted by atomic mass is 35.5. The van der Waals surface area contributed by atoms with Gasteiger partial charge in [0.2, 0.25) is 0 Å². The van der Waals surface area contributed by atoms with Gasteiger partial charge >= 0.3 is 0 Å². The quantitative estimate of drug-likeness (QED) is 0.884. The number of halogens is 2. The van der Waals surface area contributed by atoms with Crippen LogP contribution in [0, 0.1) is 0 Å². The molecule has 2 nitrogen and oxygen atoms in total. The summed E-state index contributed by atoms with van der Waals surface area (Å²) >= 11 is 12.5. The second-order valence-corrected chi connectivity index (χ2v) is 6.96. The molecule has 1 spiro atoms. The summed E-state index contributed by atoms with van der Waals surface area (Å²) in [6, 6.07) is 5.79. The predicted molar refractivity (Wildman–Crippen MR) is 85.6 cm³/mol. The van der Waals surface area contributed by atoms with E-state index in [1.54, 1.807) is 0 Å². The summed E-state index contributed by atoms with van der Waals surface area (Å²) in [4.78, 5) is 2.64. The van der Waals surface area contributed by atoms with Gasteiger partial charge in [0.15, 0.2) is 0 Å². The fourth-order valence-corrected chi connectivity index (χ4v) is 4.08. The molecule has 1 N–H and O–H groups in total. The van der Waals surface area contributed by atoms with Crippen LogP contribution >= 0.6 is 23.2 Å². The van der Waals surface area contributed by atoms with E-state index in [0.29, 0.717) is 5.54 Å². The van der Waals surface area contributed by atoms with E-state index in [9.17, 15) is 0 Å². The molecule has 0 atom stereocenters. The summed E-state index contributed by atoms with van der Waals surface area (Å²) in [5, 5.41) is 5.19. The Labute approximate surface area is 131 Å². The number of benzene rings is 1. The first-order valence-electron chi connectivity index (χ1n) is 7.59. The second-order valence-electron chi connectivity index (χ2n) is 6.12. The molecule has 0 radical (unpaired) electrons. The van der Waals surface area contributed by atoms with Crippen LogP contribution in [0.2, 0.25) is 10.0 Å². The van der Waals surface area contributed by atoms with Gasteiger partial charge in [0.05, 0.1) is 0 Å². The third-order valence-electron chi connectivity index (χ3n) is 4.84. The Kier molecular flexibility index (Phi) is 4.56. The first kappa shape index (κ1) is 14.6. The number of hydrogen-bond acceptors (Lipinski definition) is 2. The van der Waals surface area contributed by atoms with Crippen LogP contribution in [0.4, 0.5) is 0 Å². The molecule has 1 aromatic rings. The molecule has 1 aromatic carbocycles. The minimum Gasteiger partial charge on any atom is -0.314 e. The molecular formula is C16H22Cl2N2. The minimum absolute atomic E-state index is 0.335. The number of rotatable bonds is 2. The molecule has 0 aromatic heterocycles. The zero-order valence-electron chi connectivity index (χ0n) is 11.8. The highest BCUT2D eigenvalue weighted by Gasteiger charge is 2.39. The van der Waals surface area contributed by atoms with Crippen molar-refractivity contribution in [2.24, 2.45) is 0 Å². The van der Waals surface area contributed by atoms with Crippen molar-refractivity contribution in [3.05, 3.63) is 33.8 Å². The van der Waals surface area contributed by atoms with Gasteiger partial charge in [-0.3, -0.25) is 4.90 Å². The van der Waals surface area contributed by atoms with E-state index in [1.165, 1.54) is 32.1 Å². The Morgan fingerprint density at radius 1 is 1.15 bits per heavy atom. The van der Waals surface area contributed by atoms with Crippen molar-refractivity contribution in [2.45, 2.75) is 44.2 Å².